The number of esters is 2. The van der Waals surface area contributed by atoms with E-state index < -0.39 is 24.5 Å². The average Bonchev–Trinajstić information content (AvgIpc) is 3.15. The molecule has 0 aliphatic carbocycles. The Morgan fingerprint density at radius 2 is 1.61 bits per heavy atom. The van der Waals surface area contributed by atoms with Gasteiger partial charge in [0.15, 0.2) is 6.61 Å². The third kappa shape index (κ3) is 5.58. The van der Waals surface area contributed by atoms with Gasteiger partial charge in [0.05, 0.1) is 12.2 Å². The number of anilines is 1. The third-order valence-corrected chi connectivity index (χ3v) is 5.30. The number of rotatable bonds is 7. The number of hydrogen-bond donors (Lipinski definition) is 1. The van der Waals surface area contributed by atoms with Crippen molar-refractivity contribution in [1.82, 2.24) is 0 Å². The molecule has 0 spiro atoms. The van der Waals surface area contributed by atoms with Crippen LogP contribution >= 0.6 is 11.3 Å². The van der Waals surface area contributed by atoms with E-state index >= 15 is 0 Å². The van der Waals surface area contributed by atoms with Gasteiger partial charge in [0.25, 0.3) is 5.91 Å². The lowest BCUT2D eigenvalue weighted by atomic mass is 10.0. The molecule has 6 nitrogen and oxygen atoms in total. The van der Waals surface area contributed by atoms with Crippen LogP contribution in [0.1, 0.15) is 38.8 Å². The molecule has 1 aromatic heterocycles. The Balaban J connectivity index is 1.74. The summed E-state index contributed by atoms with van der Waals surface area (Å²) < 4.78 is 10.3. The van der Waals surface area contributed by atoms with E-state index in [9.17, 15) is 14.4 Å². The molecular weight excluding hydrogens is 414 g/mol. The summed E-state index contributed by atoms with van der Waals surface area (Å²) in [7, 11) is 0. The zero-order valence-corrected chi connectivity index (χ0v) is 18.4. The molecule has 0 atom stereocenters. The first-order valence-electron chi connectivity index (χ1n) is 9.78. The minimum absolute atomic E-state index is 0.212. The van der Waals surface area contributed by atoms with E-state index in [1.807, 2.05) is 50.2 Å². The predicted molar refractivity (Wildman–Crippen MR) is 121 cm³/mol. The Hall–Kier alpha value is -3.45. The standard InChI is InChI=1S/C24H23NO5S/c1-4-29-24(28)21-19(17-8-6-5-7-9-17)14-31-22(21)25-20(26)13-30-23(27)18-11-15(2)10-16(3)12-18/h5-12,14H,4,13H2,1-3H3,(H,25,26). The van der Waals surface area contributed by atoms with E-state index in [4.69, 9.17) is 9.47 Å². The number of nitrogens with one attached hydrogen (secondary N) is 1. The molecule has 1 N–H and O–H groups in total. The van der Waals surface area contributed by atoms with E-state index in [2.05, 4.69) is 5.32 Å². The largest absolute Gasteiger partial charge is 0.462 e. The van der Waals surface area contributed by atoms with E-state index in [1.165, 1.54) is 11.3 Å². The van der Waals surface area contributed by atoms with Gasteiger partial charge in [-0.2, -0.15) is 0 Å². The summed E-state index contributed by atoms with van der Waals surface area (Å²) in [4.78, 5) is 37.3. The fourth-order valence-corrected chi connectivity index (χ4v) is 4.13. The van der Waals surface area contributed by atoms with Gasteiger partial charge in [-0.15, -0.1) is 11.3 Å². The quantitative estimate of drug-likeness (QED) is 0.526. The molecule has 1 amide bonds. The monoisotopic (exact) mass is 437 g/mol. The number of carbonyl (C=O) groups is 3. The molecule has 0 bridgehead atoms. The summed E-state index contributed by atoms with van der Waals surface area (Å²) in [5, 5.41) is 4.81. The molecule has 0 saturated carbocycles. The Morgan fingerprint density at radius 3 is 2.26 bits per heavy atom. The highest BCUT2D eigenvalue weighted by Gasteiger charge is 2.23. The molecule has 0 aliphatic rings. The molecule has 7 heteroatoms. The Bertz CT molecular complexity index is 1080. The van der Waals surface area contributed by atoms with Crippen molar-refractivity contribution in [2.75, 3.05) is 18.5 Å². The summed E-state index contributed by atoms with van der Waals surface area (Å²) in [6, 6.07) is 14.7. The van der Waals surface area contributed by atoms with Crippen molar-refractivity contribution in [1.29, 1.82) is 0 Å². The van der Waals surface area contributed by atoms with Crippen molar-refractivity contribution >= 4 is 34.2 Å². The second kappa shape index (κ2) is 10.0. The highest BCUT2D eigenvalue weighted by Crippen LogP contribution is 2.36. The highest BCUT2D eigenvalue weighted by molar-refractivity contribution is 7.15. The van der Waals surface area contributed by atoms with Crippen molar-refractivity contribution in [3.8, 4) is 11.1 Å². The Morgan fingerprint density at radius 1 is 0.935 bits per heavy atom. The summed E-state index contributed by atoms with van der Waals surface area (Å²) in [6.45, 7) is 5.23. The van der Waals surface area contributed by atoms with Gasteiger partial charge in [-0.25, -0.2) is 9.59 Å². The van der Waals surface area contributed by atoms with Gasteiger partial charge in [0, 0.05) is 10.9 Å². The second-order valence-corrected chi connectivity index (χ2v) is 7.82. The predicted octanol–water partition coefficient (Wildman–Crippen LogP) is 5.00. The van der Waals surface area contributed by atoms with Gasteiger partial charge >= 0.3 is 11.9 Å². The van der Waals surface area contributed by atoms with Crippen LogP contribution < -0.4 is 5.32 Å². The maximum Gasteiger partial charge on any atom is 0.341 e. The lowest BCUT2D eigenvalue weighted by Gasteiger charge is -2.09. The van der Waals surface area contributed by atoms with Gasteiger partial charge in [0.2, 0.25) is 0 Å². The summed E-state index contributed by atoms with van der Waals surface area (Å²) in [5.41, 5.74) is 4.05. The van der Waals surface area contributed by atoms with Gasteiger partial charge in [-0.1, -0.05) is 47.5 Å². The van der Waals surface area contributed by atoms with Crippen LogP contribution in [0.25, 0.3) is 11.1 Å². The Labute approximate surface area is 184 Å². The van der Waals surface area contributed by atoms with Crippen LogP contribution in [-0.2, 0) is 14.3 Å². The fourth-order valence-electron chi connectivity index (χ4n) is 3.16. The fraction of sp³-hybridized carbons (Fsp3) is 0.208. The van der Waals surface area contributed by atoms with Gasteiger partial charge in [-0.3, -0.25) is 4.79 Å². The van der Waals surface area contributed by atoms with Crippen LogP contribution in [0.15, 0.2) is 53.9 Å². The lowest BCUT2D eigenvalue weighted by molar-refractivity contribution is -0.119. The Kier molecular flexibility index (Phi) is 7.20. The molecule has 0 unspecified atom stereocenters. The minimum atomic E-state index is -0.580. The zero-order valence-electron chi connectivity index (χ0n) is 17.6. The van der Waals surface area contributed by atoms with E-state index in [-0.39, 0.29) is 12.2 Å². The maximum atomic E-state index is 12.6. The summed E-state index contributed by atoms with van der Waals surface area (Å²) >= 11 is 1.21. The average molecular weight is 438 g/mol. The van der Waals surface area contributed by atoms with Crippen molar-refractivity contribution in [3.05, 3.63) is 76.2 Å². The molecule has 0 saturated heterocycles. The normalized spacial score (nSPS) is 10.4. The molecule has 0 radical (unpaired) electrons. The number of hydrogen-bond acceptors (Lipinski definition) is 6. The van der Waals surface area contributed by atoms with Crippen LogP contribution in [0.5, 0.6) is 0 Å². The van der Waals surface area contributed by atoms with Gasteiger partial charge < -0.3 is 14.8 Å². The molecule has 160 valence electrons. The number of carbonyl (C=O) groups excluding carboxylic acids is 3. The van der Waals surface area contributed by atoms with Crippen LogP contribution in [0, 0.1) is 13.8 Å². The third-order valence-electron chi connectivity index (χ3n) is 4.40. The minimum Gasteiger partial charge on any atom is -0.462 e. The van der Waals surface area contributed by atoms with Crippen molar-refractivity contribution in [2.45, 2.75) is 20.8 Å². The topological polar surface area (TPSA) is 81.7 Å². The van der Waals surface area contributed by atoms with Crippen LogP contribution in [0.2, 0.25) is 0 Å². The van der Waals surface area contributed by atoms with Crippen LogP contribution in [-0.4, -0.2) is 31.1 Å². The van der Waals surface area contributed by atoms with E-state index in [0.717, 1.165) is 16.7 Å². The molecule has 3 rings (SSSR count). The first-order chi connectivity index (χ1) is 14.9. The maximum absolute atomic E-state index is 12.6. The van der Waals surface area contributed by atoms with Gasteiger partial charge in [-0.05, 0) is 38.5 Å². The summed E-state index contributed by atoms with van der Waals surface area (Å²) in [6.07, 6.45) is 0. The summed E-state index contributed by atoms with van der Waals surface area (Å²) in [5.74, 6) is -1.64. The smallest absolute Gasteiger partial charge is 0.341 e. The van der Waals surface area contributed by atoms with E-state index in [1.54, 1.807) is 24.4 Å². The first-order valence-corrected chi connectivity index (χ1v) is 10.7. The first kappa shape index (κ1) is 22.2. The van der Waals surface area contributed by atoms with Crippen LogP contribution in [0.3, 0.4) is 0 Å². The second-order valence-electron chi connectivity index (χ2n) is 6.94. The van der Waals surface area contributed by atoms with Gasteiger partial charge in [0.1, 0.15) is 10.6 Å². The van der Waals surface area contributed by atoms with Crippen LogP contribution in [0.4, 0.5) is 5.00 Å². The number of thiophene rings is 1. The molecule has 0 fully saturated rings. The van der Waals surface area contributed by atoms with Crippen molar-refractivity contribution in [3.63, 3.8) is 0 Å². The highest BCUT2D eigenvalue weighted by atomic mass is 32.1. The number of benzene rings is 2. The van der Waals surface area contributed by atoms with E-state index in [0.29, 0.717) is 16.1 Å². The molecule has 31 heavy (non-hydrogen) atoms. The zero-order chi connectivity index (χ0) is 22.4. The number of aryl methyl sites for hydroxylation is 2. The molecular formula is C24H23NO5S. The lowest BCUT2D eigenvalue weighted by Crippen LogP contribution is -2.21. The molecule has 0 aliphatic heterocycles. The SMILES string of the molecule is CCOC(=O)c1c(-c2ccccc2)csc1NC(=O)COC(=O)c1cc(C)cc(C)c1. The molecule has 1 heterocycles. The van der Waals surface area contributed by atoms with Crippen molar-refractivity contribution in [2.24, 2.45) is 0 Å². The molecule has 2 aromatic carbocycles. The number of ether oxygens (including phenoxy) is 2. The molecule has 3 aromatic rings. The van der Waals surface area contributed by atoms with Crippen molar-refractivity contribution < 1.29 is 23.9 Å². The number of amides is 1.